The van der Waals surface area contributed by atoms with Crippen LogP contribution in [0.1, 0.15) is 12.5 Å². The van der Waals surface area contributed by atoms with E-state index in [2.05, 4.69) is 13.0 Å². The standard InChI is InChI=1S/C7H7.C2H3F2.U/c1-7-5-3-2-4-6-7;1-2(3)4;/h3-6H,1H3;1H3;/q2*-1;+2. The number of hydrogen-bond donors (Lipinski definition) is 0. The minimum atomic E-state index is -1.58. The molecule has 0 amide bonds. The van der Waals surface area contributed by atoms with Crippen molar-refractivity contribution >= 4 is 0 Å². The Kier molecular flexibility index (Phi) is 11.3. The average molecular weight is 394 g/mol. The normalized spacial score (nSPS) is 8.08. The molecule has 1 aromatic carbocycles. The molecule has 1 aromatic rings. The van der Waals surface area contributed by atoms with Crippen LogP contribution in [0, 0.1) is 50.5 Å². The average Bonchev–Trinajstić information content (AvgIpc) is 1.87. The van der Waals surface area contributed by atoms with Crippen molar-refractivity contribution in [3.05, 3.63) is 42.3 Å². The molecule has 0 bridgehead atoms. The molecule has 64 valence electrons. The smallest absolute Gasteiger partial charge is 0.422 e. The van der Waals surface area contributed by atoms with Crippen LogP contribution < -0.4 is 0 Å². The zero-order chi connectivity index (χ0) is 8.69. The number of aryl methyl sites for hydroxylation is 1. The van der Waals surface area contributed by atoms with Gasteiger partial charge in [-0.15, -0.1) is 6.92 Å². The van der Waals surface area contributed by atoms with Crippen molar-refractivity contribution in [2.45, 2.75) is 13.8 Å². The van der Waals surface area contributed by atoms with Gasteiger partial charge in [0.2, 0.25) is 0 Å². The third kappa shape index (κ3) is 12.8. The number of halogens is 2. The first-order valence-electron chi connectivity index (χ1n) is 3.20. The van der Waals surface area contributed by atoms with Crippen LogP contribution in [0.4, 0.5) is 8.78 Å². The van der Waals surface area contributed by atoms with E-state index < -0.39 is 6.43 Å². The van der Waals surface area contributed by atoms with Crippen LogP contribution in [0.2, 0.25) is 0 Å². The summed E-state index contributed by atoms with van der Waals surface area (Å²) < 4.78 is 20.5. The second-order valence-corrected chi connectivity index (χ2v) is 2.03. The quantitative estimate of drug-likeness (QED) is 0.593. The van der Waals surface area contributed by atoms with E-state index in [4.69, 9.17) is 0 Å². The molecular formula is C9H10F2U. The Morgan fingerprint density at radius 3 is 1.75 bits per heavy atom. The summed E-state index contributed by atoms with van der Waals surface area (Å²) in [7, 11) is 0. The van der Waals surface area contributed by atoms with Gasteiger partial charge in [0.05, 0.1) is 0 Å². The van der Waals surface area contributed by atoms with E-state index >= 15 is 0 Å². The number of hydrogen-bond acceptors (Lipinski definition) is 0. The fraction of sp³-hybridized carbons (Fsp3) is 0.222. The maximum absolute atomic E-state index is 10.2. The van der Waals surface area contributed by atoms with E-state index in [1.165, 1.54) is 5.56 Å². The number of rotatable bonds is 0. The van der Waals surface area contributed by atoms with Crippen molar-refractivity contribution in [1.29, 1.82) is 0 Å². The van der Waals surface area contributed by atoms with Crippen LogP contribution >= 0.6 is 0 Å². The predicted molar refractivity (Wildman–Crippen MR) is 41.1 cm³/mol. The van der Waals surface area contributed by atoms with E-state index in [1.54, 1.807) is 0 Å². The molecule has 0 saturated heterocycles. The minimum absolute atomic E-state index is 0. The van der Waals surface area contributed by atoms with Gasteiger partial charge in [-0.05, 0) is 6.43 Å². The Labute approximate surface area is 95.7 Å². The minimum Gasteiger partial charge on any atom is -0.422 e. The van der Waals surface area contributed by atoms with Crippen LogP contribution in [0.25, 0.3) is 0 Å². The van der Waals surface area contributed by atoms with Crippen molar-refractivity contribution in [2.75, 3.05) is 0 Å². The molecule has 0 saturated carbocycles. The second-order valence-electron chi connectivity index (χ2n) is 2.03. The summed E-state index contributed by atoms with van der Waals surface area (Å²) in [6.07, 6.45) is -1.58. The Balaban J connectivity index is 0. The molecule has 0 nitrogen and oxygen atoms in total. The van der Waals surface area contributed by atoms with Gasteiger partial charge in [-0.25, -0.2) is 0 Å². The summed E-state index contributed by atoms with van der Waals surface area (Å²) in [5.41, 5.74) is 1.29. The van der Waals surface area contributed by atoms with Crippen molar-refractivity contribution < 1.29 is 39.9 Å². The molecule has 0 atom stereocenters. The molecule has 0 aliphatic rings. The monoisotopic (exact) mass is 394 g/mol. The summed E-state index contributed by atoms with van der Waals surface area (Å²) in [5, 5.41) is 0. The molecule has 0 spiro atoms. The molecule has 0 unspecified atom stereocenters. The van der Waals surface area contributed by atoms with Gasteiger partial charge in [0, 0.05) is 0 Å². The largest absolute Gasteiger partial charge is 2.00 e. The fourth-order valence-corrected chi connectivity index (χ4v) is 0.470. The van der Waals surface area contributed by atoms with E-state index in [0.29, 0.717) is 0 Å². The molecule has 0 heterocycles. The predicted octanol–water partition coefficient (Wildman–Crippen LogP) is 3.23. The van der Waals surface area contributed by atoms with E-state index in [0.717, 1.165) is 6.92 Å². The van der Waals surface area contributed by atoms with Crippen LogP contribution in [0.15, 0.2) is 24.3 Å². The molecule has 0 aliphatic carbocycles. The molecule has 3 heteroatoms. The van der Waals surface area contributed by atoms with Gasteiger partial charge in [0.1, 0.15) is 0 Å². The van der Waals surface area contributed by atoms with Gasteiger partial charge < -0.3 is 8.78 Å². The van der Waals surface area contributed by atoms with Gasteiger partial charge in [0.25, 0.3) is 0 Å². The van der Waals surface area contributed by atoms with Crippen LogP contribution in [0.3, 0.4) is 0 Å². The van der Waals surface area contributed by atoms with Gasteiger partial charge >= 0.3 is 31.1 Å². The zero-order valence-corrected chi connectivity index (χ0v) is 11.2. The summed E-state index contributed by atoms with van der Waals surface area (Å²) >= 11 is 0. The molecular weight excluding hydrogens is 384 g/mol. The molecule has 0 aromatic heterocycles. The van der Waals surface area contributed by atoms with Crippen molar-refractivity contribution in [3.8, 4) is 0 Å². The second kappa shape index (κ2) is 9.22. The maximum Gasteiger partial charge on any atom is 2.00 e. The van der Waals surface area contributed by atoms with Crippen molar-refractivity contribution in [2.24, 2.45) is 0 Å². The summed E-state index contributed by atoms with van der Waals surface area (Å²) in [4.78, 5) is 0. The SMILES string of the molecule is C[C-](F)F.Cc1cc[c-]cc1.[U+2]. The van der Waals surface area contributed by atoms with Gasteiger partial charge in [-0.1, -0.05) is 6.92 Å². The molecule has 1 rings (SSSR count). The van der Waals surface area contributed by atoms with Crippen molar-refractivity contribution in [3.63, 3.8) is 0 Å². The Morgan fingerprint density at radius 1 is 1.25 bits per heavy atom. The van der Waals surface area contributed by atoms with Crippen LogP contribution in [0.5, 0.6) is 0 Å². The van der Waals surface area contributed by atoms with Gasteiger partial charge in [0.15, 0.2) is 0 Å². The summed E-state index contributed by atoms with van der Waals surface area (Å²) in [6.45, 7) is 2.81. The van der Waals surface area contributed by atoms with Gasteiger partial charge in [-0.2, -0.15) is 35.9 Å². The maximum atomic E-state index is 10.2. The van der Waals surface area contributed by atoms with E-state index in [1.807, 2.05) is 24.3 Å². The Morgan fingerprint density at radius 2 is 1.58 bits per heavy atom. The molecule has 0 N–H and O–H groups in total. The van der Waals surface area contributed by atoms with E-state index in [9.17, 15) is 8.78 Å². The first-order valence-corrected chi connectivity index (χ1v) is 3.20. The molecule has 0 fully saturated rings. The fourth-order valence-electron chi connectivity index (χ4n) is 0.470. The Hall–Kier alpha value is 0.132. The molecule has 0 aliphatic heterocycles. The first kappa shape index (κ1) is 14.6. The molecule has 0 radical (unpaired) electrons. The van der Waals surface area contributed by atoms with Crippen molar-refractivity contribution in [1.82, 2.24) is 0 Å². The Bertz CT molecular complexity index is 172. The summed E-state index contributed by atoms with van der Waals surface area (Å²) in [6, 6.07) is 10.8. The summed E-state index contributed by atoms with van der Waals surface area (Å²) in [5.74, 6) is 0. The first-order chi connectivity index (χ1) is 5.13. The van der Waals surface area contributed by atoms with E-state index in [-0.39, 0.29) is 31.1 Å². The third-order valence-electron chi connectivity index (χ3n) is 0.885. The van der Waals surface area contributed by atoms with Gasteiger partial charge in [-0.3, -0.25) is 0 Å². The van der Waals surface area contributed by atoms with Crippen LogP contribution in [-0.2, 0) is 0 Å². The molecule has 12 heavy (non-hydrogen) atoms. The third-order valence-corrected chi connectivity index (χ3v) is 0.885. The topological polar surface area (TPSA) is 0 Å². The number of benzene rings is 1. The zero-order valence-electron chi connectivity index (χ0n) is 7.07. The van der Waals surface area contributed by atoms with Crippen LogP contribution in [-0.4, -0.2) is 0 Å².